The minimum Gasteiger partial charge on any atom is -0.462 e. The van der Waals surface area contributed by atoms with E-state index >= 15 is 0 Å². The van der Waals surface area contributed by atoms with Crippen LogP contribution in [0.3, 0.4) is 0 Å². The molecule has 17 nitrogen and oxygen atoms in total. The maximum absolute atomic E-state index is 13.0. The Morgan fingerprint density at radius 2 is 0.554 bits per heavy atom. The van der Waals surface area contributed by atoms with E-state index in [1.807, 2.05) is 0 Å². The predicted octanol–water partition coefficient (Wildman–Crippen LogP) is 21.2. The highest BCUT2D eigenvalue weighted by Crippen LogP contribution is 2.45. The standard InChI is InChI=1S/C73H142O17P2/c1-7-10-12-14-15-16-17-18-19-20-24-27-33-38-44-50-56-71(76)84-62-69(90-73(78)57-51-45-39-34-28-25-22-21-23-26-31-36-42-47-53-65(4)5)64-88-92(81,82)86-60-67(74)59-85-91(79,80)87-63-68(61-83-70(75)55-49-41-13-11-8-2)89-72(77)58-52-46-40-35-30-29-32-37-43-48-54-66(6)9-3/h65-69,74H,7-64H2,1-6H3,(H,79,80)(H,81,82)/t66?,67-,68+,69+/m0/s1. The SMILES string of the molecule is CCCCCCCCCCCCCCCCCCC(=O)OC[C@H](COP(=O)(O)OC[C@@H](O)COP(=O)(O)OC[C@@H](COC(=O)CCCCCCC)OC(=O)CCCCCCCCCCCCC(C)CC)OC(=O)CCCCCCCCCCCCCCCCC(C)C. The van der Waals surface area contributed by atoms with Crippen molar-refractivity contribution in [1.82, 2.24) is 0 Å². The summed E-state index contributed by atoms with van der Waals surface area (Å²) in [5.74, 6) is -0.531. The van der Waals surface area contributed by atoms with Crippen LogP contribution in [0, 0.1) is 11.8 Å². The Labute approximate surface area is 562 Å². The van der Waals surface area contributed by atoms with Gasteiger partial charge in [0.15, 0.2) is 12.2 Å². The topological polar surface area (TPSA) is 237 Å². The van der Waals surface area contributed by atoms with Gasteiger partial charge in [0.2, 0.25) is 0 Å². The fourth-order valence-electron chi connectivity index (χ4n) is 11.1. The molecule has 3 unspecified atom stereocenters. The third-order valence-corrected chi connectivity index (χ3v) is 19.2. The molecule has 0 radical (unpaired) electrons. The van der Waals surface area contributed by atoms with Gasteiger partial charge < -0.3 is 33.8 Å². The average Bonchev–Trinajstić information content (AvgIpc) is 2.11. The van der Waals surface area contributed by atoms with E-state index in [0.29, 0.717) is 25.7 Å². The number of phosphoric acid groups is 2. The van der Waals surface area contributed by atoms with Gasteiger partial charge in [-0.15, -0.1) is 0 Å². The van der Waals surface area contributed by atoms with Gasteiger partial charge in [0.25, 0.3) is 0 Å². The molecule has 0 saturated heterocycles. The third kappa shape index (κ3) is 65.4. The van der Waals surface area contributed by atoms with Crippen molar-refractivity contribution in [1.29, 1.82) is 0 Å². The van der Waals surface area contributed by atoms with E-state index in [2.05, 4.69) is 41.5 Å². The zero-order valence-corrected chi connectivity index (χ0v) is 61.6. The number of aliphatic hydroxyl groups excluding tert-OH is 1. The quantitative estimate of drug-likeness (QED) is 0.0222. The average molecular weight is 1350 g/mol. The van der Waals surface area contributed by atoms with Gasteiger partial charge in [0.1, 0.15) is 19.3 Å². The third-order valence-electron chi connectivity index (χ3n) is 17.3. The highest BCUT2D eigenvalue weighted by atomic mass is 31.2. The van der Waals surface area contributed by atoms with Crippen molar-refractivity contribution in [2.45, 2.75) is 394 Å². The summed E-state index contributed by atoms with van der Waals surface area (Å²) in [6, 6.07) is 0. The lowest BCUT2D eigenvalue weighted by molar-refractivity contribution is -0.161. The van der Waals surface area contributed by atoms with E-state index < -0.39 is 97.5 Å². The van der Waals surface area contributed by atoms with Crippen molar-refractivity contribution >= 4 is 39.5 Å². The van der Waals surface area contributed by atoms with E-state index in [-0.39, 0.29) is 25.7 Å². The van der Waals surface area contributed by atoms with Crippen LogP contribution >= 0.6 is 15.6 Å². The molecule has 0 bridgehead atoms. The van der Waals surface area contributed by atoms with Crippen LogP contribution in [0.1, 0.15) is 375 Å². The van der Waals surface area contributed by atoms with Crippen molar-refractivity contribution in [2.24, 2.45) is 11.8 Å². The fraction of sp³-hybridized carbons (Fsp3) is 0.945. The second kappa shape index (κ2) is 65.0. The van der Waals surface area contributed by atoms with Crippen LogP contribution in [0.4, 0.5) is 0 Å². The number of carbonyl (C=O) groups is 4. The Morgan fingerprint density at radius 3 is 0.826 bits per heavy atom. The second-order valence-electron chi connectivity index (χ2n) is 27.1. The molecule has 19 heteroatoms. The van der Waals surface area contributed by atoms with Gasteiger partial charge in [-0.1, -0.05) is 324 Å². The number of aliphatic hydroxyl groups is 1. The number of esters is 4. The maximum Gasteiger partial charge on any atom is 0.472 e. The summed E-state index contributed by atoms with van der Waals surface area (Å²) in [6.45, 7) is 9.53. The molecule has 0 aliphatic heterocycles. The first-order chi connectivity index (χ1) is 44.4. The molecular formula is C73H142O17P2. The molecule has 0 aliphatic carbocycles. The number of hydrogen-bond acceptors (Lipinski definition) is 15. The number of rotatable bonds is 72. The molecule has 0 spiro atoms. The van der Waals surface area contributed by atoms with Crippen LogP contribution < -0.4 is 0 Å². The first-order valence-electron chi connectivity index (χ1n) is 38.0. The molecule has 0 aromatic heterocycles. The number of hydrogen-bond donors (Lipinski definition) is 3. The molecule has 0 aliphatic rings. The lowest BCUT2D eigenvalue weighted by Gasteiger charge is -2.21. The van der Waals surface area contributed by atoms with Gasteiger partial charge in [0.05, 0.1) is 26.4 Å². The Balaban J connectivity index is 5.16. The number of carbonyl (C=O) groups excluding carboxylic acids is 4. The fourth-order valence-corrected chi connectivity index (χ4v) is 12.7. The summed E-state index contributed by atoms with van der Waals surface area (Å²) in [7, 11) is -9.90. The lowest BCUT2D eigenvalue weighted by Crippen LogP contribution is -2.30. The molecule has 0 fully saturated rings. The largest absolute Gasteiger partial charge is 0.472 e. The molecule has 0 heterocycles. The molecule has 0 aromatic rings. The van der Waals surface area contributed by atoms with Gasteiger partial charge in [0, 0.05) is 25.7 Å². The van der Waals surface area contributed by atoms with Crippen molar-refractivity contribution in [3.05, 3.63) is 0 Å². The van der Waals surface area contributed by atoms with Gasteiger partial charge >= 0.3 is 39.5 Å². The van der Waals surface area contributed by atoms with E-state index in [9.17, 15) is 43.2 Å². The van der Waals surface area contributed by atoms with Crippen LogP contribution in [0.2, 0.25) is 0 Å². The van der Waals surface area contributed by atoms with Crippen molar-refractivity contribution in [3.63, 3.8) is 0 Å². The van der Waals surface area contributed by atoms with Crippen LogP contribution in [0.25, 0.3) is 0 Å². The molecular weight excluding hydrogens is 1210 g/mol. The van der Waals surface area contributed by atoms with E-state index in [4.69, 9.17) is 37.0 Å². The molecule has 546 valence electrons. The van der Waals surface area contributed by atoms with Crippen LogP contribution in [0.15, 0.2) is 0 Å². The van der Waals surface area contributed by atoms with Crippen molar-refractivity contribution in [2.75, 3.05) is 39.6 Å². The minimum absolute atomic E-state index is 0.105. The zero-order chi connectivity index (χ0) is 67.9. The summed E-state index contributed by atoms with van der Waals surface area (Å²) < 4.78 is 68.2. The minimum atomic E-state index is -4.95. The predicted molar refractivity (Wildman–Crippen MR) is 372 cm³/mol. The second-order valence-corrected chi connectivity index (χ2v) is 30.0. The Hall–Kier alpha value is -1.94. The van der Waals surface area contributed by atoms with Gasteiger partial charge in [-0.05, 0) is 37.5 Å². The Morgan fingerprint density at radius 1 is 0.315 bits per heavy atom. The monoisotopic (exact) mass is 1350 g/mol. The summed E-state index contributed by atoms with van der Waals surface area (Å²) in [5, 5.41) is 10.6. The van der Waals surface area contributed by atoms with E-state index in [0.717, 1.165) is 108 Å². The van der Waals surface area contributed by atoms with Crippen molar-refractivity contribution in [3.8, 4) is 0 Å². The number of ether oxygens (including phenoxy) is 4. The summed E-state index contributed by atoms with van der Waals surface area (Å²) >= 11 is 0. The molecule has 0 amide bonds. The van der Waals surface area contributed by atoms with Crippen molar-refractivity contribution < 1.29 is 80.2 Å². The van der Waals surface area contributed by atoms with Crippen LogP contribution in [-0.4, -0.2) is 96.7 Å². The molecule has 92 heavy (non-hydrogen) atoms. The summed E-state index contributed by atoms with van der Waals surface area (Å²) in [6.07, 6.45) is 51.6. The molecule has 0 aromatic carbocycles. The van der Waals surface area contributed by atoms with Gasteiger partial charge in [-0.2, -0.15) is 0 Å². The van der Waals surface area contributed by atoms with Gasteiger partial charge in [-0.3, -0.25) is 37.3 Å². The first kappa shape index (κ1) is 90.1. The summed E-state index contributed by atoms with van der Waals surface area (Å²) in [5.41, 5.74) is 0. The van der Waals surface area contributed by atoms with E-state index in [1.54, 1.807) is 0 Å². The summed E-state index contributed by atoms with van der Waals surface area (Å²) in [4.78, 5) is 72.4. The van der Waals surface area contributed by atoms with Gasteiger partial charge in [-0.25, -0.2) is 9.13 Å². The number of unbranched alkanes of at least 4 members (excludes halogenated alkanes) is 41. The highest BCUT2D eigenvalue weighted by molar-refractivity contribution is 7.47. The molecule has 3 N–H and O–H groups in total. The van der Waals surface area contributed by atoms with E-state index in [1.165, 1.54) is 186 Å². The Kier molecular flexibility index (Phi) is 63.7. The highest BCUT2D eigenvalue weighted by Gasteiger charge is 2.30. The number of phosphoric ester groups is 2. The van der Waals surface area contributed by atoms with Crippen LogP contribution in [-0.2, 0) is 65.4 Å². The smallest absolute Gasteiger partial charge is 0.462 e. The normalized spacial score (nSPS) is 14.4. The lowest BCUT2D eigenvalue weighted by atomic mass is 9.99. The molecule has 0 saturated carbocycles. The zero-order valence-electron chi connectivity index (χ0n) is 59.9. The maximum atomic E-state index is 13.0. The molecule has 0 rings (SSSR count). The molecule has 6 atom stereocenters. The first-order valence-corrected chi connectivity index (χ1v) is 41.0. The Bertz CT molecular complexity index is 1790. The van der Waals surface area contributed by atoms with Crippen LogP contribution in [0.5, 0.6) is 0 Å².